The van der Waals surface area contributed by atoms with Gasteiger partial charge >= 0.3 is 12.1 Å². The van der Waals surface area contributed by atoms with Gasteiger partial charge < -0.3 is 19.6 Å². The number of carbonyl (C=O) groups excluding carboxylic acids is 2. The van der Waals surface area contributed by atoms with Gasteiger partial charge in [0.2, 0.25) is 5.91 Å². The van der Waals surface area contributed by atoms with E-state index >= 15 is 0 Å². The van der Waals surface area contributed by atoms with Gasteiger partial charge in [0.05, 0.1) is 17.9 Å². The molecule has 1 unspecified atom stereocenters. The second-order valence-electron chi connectivity index (χ2n) is 11.7. The highest BCUT2D eigenvalue weighted by Crippen LogP contribution is 2.44. The van der Waals surface area contributed by atoms with Gasteiger partial charge in [-0.05, 0) is 48.6 Å². The first-order chi connectivity index (χ1) is 21.5. The highest BCUT2D eigenvalue weighted by atomic mass is 35.5. The Labute approximate surface area is 261 Å². The Balaban J connectivity index is 1.39. The molecule has 1 saturated carbocycles. The average molecular weight is 646 g/mol. The number of carbonyl (C=O) groups is 3. The molecule has 10 nitrogen and oxygen atoms in total. The summed E-state index contributed by atoms with van der Waals surface area (Å²) in [6, 6.07) is 9.53. The third-order valence-electron chi connectivity index (χ3n) is 9.07. The van der Waals surface area contributed by atoms with Crippen LogP contribution >= 0.6 is 11.6 Å². The van der Waals surface area contributed by atoms with Crippen LogP contribution in [0.25, 0.3) is 0 Å². The molecule has 2 amide bonds. The average Bonchev–Trinajstić information content (AvgIpc) is 3.55. The van der Waals surface area contributed by atoms with Crippen LogP contribution in [0.2, 0.25) is 5.02 Å². The number of fused-ring (bicyclic) bond motifs is 2. The molecule has 1 aromatic heterocycles. The van der Waals surface area contributed by atoms with E-state index in [0.29, 0.717) is 58.6 Å². The minimum atomic E-state index is -4.71. The minimum Gasteiger partial charge on any atom is -0.487 e. The van der Waals surface area contributed by atoms with Crippen molar-refractivity contribution in [1.29, 1.82) is 0 Å². The third-order valence-corrected chi connectivity index (χ3v) is 9.43. The van der Waals surface area contributed by atoms with Gasteiger partial charge in [0.1, 0.15) is 18.1 Å². The van der Waals surface area contributed by atoms with Gasteiger partial charge in [0.15, 0.2) is 5.69 Å². The summed E-state index contributed by atoms with van der Waals surface area (Å²) in [6.45, 7) is 0.0107. The van der Waals surface area contributed by atoms with Crippen molar-refractivity contribution in [2.24, 2.45) is 18.9 Å². The number of hydrogen-bond donors (Lipinski definition) is 1. The SMILES string of the molecule is Cn1nnc(COc2ccc(Cl)c3c2[C@@H](CN2Cc4ccccc4C2=O)N(C(=O)C2CCCC[C@H]2C(=O)O)CC3)c1C(F)(F)F. The van der Waals surface area contributed by atoms with Crippen molar-refractivity contribution in [2.45, 2.75) is 57.5 Å². The van der Waals surface area contributed by atoms with Crippen LogP contribution in [0.3, 0.4) is 0 Å². The number of halogens is 4. The van der Waals surface area contributed by atoms with E-state index in [1.165, 1.54) is 6.07 Å². The third kappa shape index (κ3) is 5.73. The zero-order chi connectivity index (χ0) is 32.0. The van der Waals surface area contributed by atoms with E-state index < -0.39 is 48.0 Å². The quantitative estimate of drug-likeness (QED) is 0.383. The summed E-state index contributed by atoms with van der Waals surface area (Å²) in [4.78, 5) is 43.1. The molecule has 2 aliphatic heterocycles. The number of benzene rings is 2. The molecular weight excluding hydrogens is 615 g/mol. The van der Waals surface area contributed by atoms with Gasteiger partial charge in [0.25, 0.3) is 5.91 Å². The molecule has 0 spiro atoms. The molecule has 238 valence electrons. The molecule has 1 aliphatic carbocycles. The van der Waals surface area contributed by atoms with Crippen molar-refractivity contribution in [3.8, 4) is 5.75 Å². The van der Waals surface area contributed by atoms with Gasteiger partial charge in [0, 0.05) is 42.8 Å². The Morgan fingerprint density at radius 1 is 1.11 bits per heavy atom. The summed E-state index contributed by atoms with van der Waals surface area (Å²) in [5.41, 5.74) is 1.06. The lowest BCUT2D eigenvalue weighted by Crippen LogP contribution is -2.50. The second kappa shape index (κ2) is 12.0. The van der Waals surface area contributed by atoms with E-state index in [-0.39, 0.29) is 30.7 Å². The number of rotatable bonds is 7. The van der Waals surface area contributed by atoms with Crippen molar-refractivity contribution >= 4 is 29.4 Å². The highest BCUT2D eigenvalue weighted by Gasteiger charge is 2.44. The van der Waals surface area contributed by atoms with Crippen LogP contribution < -0.4 is 4.74 Å². The lowest BCUT2D eigenvalue weighted by Gasteiger charge is -2.43. The predicted octanol–water partition coefficient (Wildman–Crippen LogP) is 5.04. The number of hydrogen-bond acceptors (Lipinski definition) is 6. The number of aryl methyl sites for hydroxylation is 1. The van der Waals surface area contributed by atoms with E-state index in [4.69, 9.17) is 16.3 Å². The minimum absolute atomic E-state index is 0.0480. The van der Waals surface area contributed by atoms with Crippen molar-refractivity contribution in [3.63, 3.8) is 0 Å². The Bertz CT molecular complexity index is 1660. The van der Waals surface area contributed by atoms with E-state index in [0.717, 1.165) is 19.0 Å². The molecule has 0 radical (unpaired) electrons. The standard InChI is InChI=1S/C31H31ClF3N5O5/c1-38-27(31(33,34)35)23(36-37-38)16-45-25-11-10-22(32)21-12-13-40(29(42)19-8-4-5-9-20(19)30(43)44)24(26(21)25)15-39-14-17-6-2-3-7-18(17)28(39)41/h2-3,6-7,10-11,19-20,24H,4-5,8-9,12-16H2,1H3,(H,43,44)/t19?,20-,24-/m1/s1. The zero-order valence-corrected chi connectivity index (χ0v) is 25.1. The molecule has 3 aliphatic rings. The molecule has 1 N–H and O–H groups in total. The van der Waals surface area contributed by atoms with Crippen LogP contribution in [0.5, 0.6) is 5.75 Å². The van der Waals surface area contributed by atoms with Crippen LogP contribution in [0.4, 0.5) is 13.2 Å². The Kier molecular flexibility index (Phi) is 8.23. The number of carboxylic acid groups (broad SMARTS) is 1. The fourth-order valence-corrected chi connectivity index (χ4v) is 7.21. The van der Waals surface area contributed by atoms with Crippen molar-refractivity contribution in [1.82, 2.24) is 24.8 Å². The molecule has 3 atom stereocenters. The Morgan fingerprint density at radius 2 is 1.84 bits per heavy atom. The highest BCUT2D eigenvalue weighted by molar-refractivity contribution is 6.31. The molecule has 14 heteroatoms. The van der Waals surface area contributed by atoms with Crippen LogP contribution in [0.15, 0.2) is 36.4 Å². The van der Waals surface area contributed by atoms with Crippen LogP contribution in [-0.4, -0.2) is 60.8 Å². The first kappa shape index (κ1) is 30.9. The van der Waals surface area contributed by atoms with Gasteiger partial charge in [-0.1, -0.05) is 47.9 Å². The lowest BCUT2D eigenvalue weighted by atomic mass is 9.77. The molecule has 0 saturated heterocycles. The summed E-state index contributed by atoms with van der Waals surface area (Å²) in [5.74, 6) is -2.96. The largest absolute Gasteiger partial charge is 0.487 e. The summed E-state index contributed by atoms with van der Waals surface area (Å²) < 4.78 is 47.9. The summed E-state index contributed by atoms with van der Waals surface area (Å²) >= 11 is 6.65. The van der Waals surface area contributed by atoms with E-state index in [1.807, 2.05) is 12.1 Å². The van der Waals surface area contributed by atoms with E-state index in [2.05, 4.69) is 10.3 Å². The fourth-order valence-electron chi connectivity index (χ4n) is 6.96. The van der Waals surface area contributed by atoms with E-state index in [1.54, 1.807) is 28.0 Å². The van der Waals surface area contributed by atoms with Crippen LogP contribution in [0.1, 0.15) is 70.2 Å². The maximum Gasteiger partial charge on any atom is 0.435 e. The number of alkyl halides is 3. The molecule has 2 aromatic carbocycles. The van der Waals surface area contributed by atoms with Crippen molar-refractivity contribution in [3.05, 3.63) is 75.1 Å². The number of aromatic nitrogens is 3. The number of nitrogens with zero attached hydrogens (tertiary/aromatic N) is 5. The second-order valence-corrected chi connectivity index (χ2v) is 12.1. The van der Waals surface area contributed by atoms with Crippen molar-refractivity contribution < 1.29 is 37.4 Å². The normalized spacial score (nSPS) is 21.4. The van der Waals surface area contributed by atoms with E-state index in [9.17, 15) is 32.7 Å². The molecule has 6 rings (SSSR count). The summed E-state index contributed by atoms with van der Waals surface area (Å²) in [7, 11) is 1.14. The van der Waals surface area contributed by atoms with Crippen molar-refractivity contribution in [2.75, 3.05) is 13.1 Å². The molecular formula is C31H31ClF3N5O5. The molecule has 3 heterocycles. The van der Waals surface area contributed by atoms with Gasteiger partial charge in [-0.15, -0.1) is 5.10 Å². The van der Waals surface area contributed by atoms with Crippen LogP contribution in [-0.2, 0) is 42.4 Å². The molecule has 3 aromatic rings. The fraction of sp³-hybridized carbons (Fsp3) is 0.452. The molecule has 0 bridgehead atoms. The first-order valence-corrected chi connectivity index (χ1v) is 15.1. The van der Waals surface area contributed by atoms with Gasteiger partial charge in [-0.25, -0.2) is 4.68 Å². The zero-order valence-electron chi connectivity index (χ0n) is 24.4. The molecule has 45 heavy (non-hydrogen) atoms. The van der Waals surface area contributed by atoms with Crippen LogP contribution in [0, 0.1) is 11.8 Å². The lowest BCUT2D eigenvalue weighted by molar-refractivity contribution is -0.153. The number of ether oxygens (including phenoxy) is 1. The summed E-state index contributed by atoms with van der Waals surface area (Å²) in [6.07, 6.45) is -2.16. The summed E-state index contributed by atoms with van der Waals surface area (Å²) in [5, 5.41) is 17.5. The van der Waals surface area contributed by atoms with Gasteiger partial charge in [-0.3, -0.25) is 14.4 Å². The number of amides is 2. The Hall–Kier alpha value is -4.13. The topological polar surface area (TPSA) is 118 Å². The maximum atomic E-state index is 14.2. The maximum absolute atomic E-state index is 14.2. The monoisotopic (exact) mass is 645 g/mol. The first-order valence-electron chi connectivity index (χ1n) is 14.8. The molecule has 1 fully saturated rings. The number of aliphatic carboxylic acids is 1. The number of carboxylic acids is 1. The smallest absolute Gasteiger partial charge is 0.435 e. The van der Waals surface area contributed by atoms with Gasteiger partial charge in [-0.2, -0.15) is 13.2 Å². The predicted molar refractivity (Wildman–Crippen MR) is 154 cm³/mol. The Morgan fingerprint density at radius 3 is 2.56 bits per heavy atom.